The third kappa shape index (κ3) is 3.94. The zero-order valence-electron chi connectivity index (χ0n) is 17.3. The van der Waals surface area contributed by atoms with Crippen molar-refractivity contribution < 1.29 is 19.3 Å². The van der Waals surface area contributed by atoms with Gasteiger partial charge >= 0.3 is 0 Å². The number of aryl methyl sites for hydroxylation is 1. The zero-order valence-corrected chi connectivity index (χ0v) is 17.3. The second kappa shape index (κ2) is 7.70. The van der Waals surface area contributed by atoms with Crippen molar-refractivity contribution >= 4 is 29.1 Å². The molecule has 2 aromatic carbocycles. The molecule has 0 saturated carbocycles. The van der Waals surface area contributed by atoms with Crippen molar-refractivity contribution in [2.45, 2.75) is 45.7 Å². The molecule has 0 radical (unpaired) electrons. The highest BCUT2D eigenvalue weighted by Crippen LogP contribution is 2.31. The Kier molecular flexibility index (Phi) is 5.43. The van der Waals surface area contributed by atoms with E-state index in [1.54, 1.807) is 32.9 Å². The number of hydrogen-bond acceptors (Lipinski definition) is 5. The van der Waals surface area contributed by atoms with Gasteiger partial charge in [0.25, 0.3) is 17.5 Å². The van der Waals surface area contributed by atoms with Crippen LogP contribution in [0, 0.1) is 17.0 Å². The quantitative estimate of drug-likeness (QED) is 0.437. The normalized spacial score (nSPS) is 16.7. The van der Waals surface area contributed by atoms with Gasteiger partial charge in [-0.25, -0.2) is 4.90 Å². The lowest BCUT2D eigenvalue weighted by atomic mass is 9.99. The Balaban J connectivity index is 1.95. The van der Waals surface area contributed by atoms with Crippen LogP contribution in [-0.2, 0) is 9.59 Å². The summed E-state index contributed by atoms with van der Waals surface area (Å²) >= 11 is 0. The van der Waals surface area contributed by atoms with Gasteiger partial charge in [0.15, 0.2) is 0 Å². The highest BCUT2D eigenvalue weighted by atomic mass is 16.6. The summed E-state index contributed by atoms with van der Waals surface area (Å²) in [5.74, 6) is -1.30. The van der Waals surface area contributed by atoms with Gasteiger partial charge in [-0.05, 0) is 52.0 Å². The van der Waals surface area contributed by atoms with Crippen LogP contribution in [0.4, 0.5) is 11.4 Å². The summed E-state index contributed by atoms with van der Waals surface area (Å²) in [5, 5.41) is 10.9. The summed E-state index contributed by atoms with van der Waals surface area (Å²) in [7, 11) is 0. The zero-order chi connectivity index (χ0) is 22.2. The third-order valence-corrected chi connectivity index (χ3v) is 4.99. The van der Waals surface area contributed by atoms with Crippen LogP contribution in [-0.4, -0.2) is 39.1 Å². The average molecular weight is 409 g/mol. The first-order valence-electron chi connectivity index (χ1n) is 9.52. The van der Waals surface area contributed by atoms with Gasteiger partial charge < -0.3 is 4.90 Å². The largest absolute Gasteiger partial charge is 0.321 e. The number of nitrogens with zero attached hydrogens (tertiary/aromatic N) is 3. The van der Waals surface area contributed by atoms with Gasteiger partial charge in [0.1, 0.15) is 6.04 Å². The fraction of sp³-hybridized carbons (Fsp3) is 0.318. The average Bonchev–Trinajstić information content (AvgIpc) is 2.95. The summed E-state index contributed by atoms with van der Waals surface area (Å²) in [4.78, 5) is 52.0. The SMILES string of the molecule is Cc1ccc(N2C(=O)CC(N(C(=O)c3ccc([N+](=O)[O-])cc3)C(C)(C)C)C2=O)cc1. The van der Waals surface area contributed by atoms with E-state index >= 15 is 0 Å². The Labute approximate surface area is 174 Å². The van der Waals surface area contributed by atoms with Crippen molar-refractivity contribution in [3.8, 4) is 0 Å². The fourth-order valence-electron chi connectivity index (χ4n) is 3.56. The predicted octanol–water partition coefficient (Wildman–Crippen LogP) is 3.48. The third-order valence-electron chi connectivity index (χ3n) is 4.99. The second-order valence-electron chi connectivity index (χ2n) is 8.27. The molecular formula is C22H23N3O5. The van der Waals surface area contributed by atoms with E-state index in [1.807, 2.05) is 19.1 Å². The number of nitro groups is 1. The number of carbonyl (C=O) groups excluding carboxylic acids is 3. The molecule has 1 aliphatic heterocycles. The molecule has 1 heterocycles. The summed E-state index contributed by atoms with van der Waals surface area (Å²) in [6.07, 6.45) is -0.122. The van der Waals surface area contributed by atoms with Gasteiger partial charge in [0, 0.05) is 23.2 Å². The number of amides is 3. The molecule has 30 heavy (non-hydrogen) atoms. The maximum atomic E-state index is 13.3. The molecule has 2 aromatic rings. The second-order valence-corrected chi connectivity index (χ2v) is 8.27. The van der Waals surface area contributed by atoms with Crippen LogP contribution in [0.1, 0.15) is 43.1 Å². The number of carbonyl (C=O) groups is 3. The first kappa shape index (κ1) is 21.2. The van der Waals surface area contributed by atoms with Gasteiger partial charge in [-0.2, -0.15) is 0 Å². The number of rotatable bonds is 4. The molecule has 3 rings (SSSR count). The van der Waals surface area contributed by atoms with Crippen LogP contribution in [0.2, 0.25) is 0 Å². The minimum atomic E-state index is -0.957. The van der Waals surface area contributed by atoms with Crippen LogP contribution in [0.25, 0.3) is 0 Å². The highest BCUT2D eigenvalue weighted by Gasteiger charge is 2.47. The Morgan fingerprint density at radius 2 is 1.63 bits per heavy atom. The first-order chi connectivity index (χ1) is 14.0. The molecule has 8 heteroatoms. The van der Waals surface area contributed by atoms with E-state index in [4.69, 9.17) is 0 Å². The number of nitro benzene ring substituents is 1. The molecule has 0 spiro atoms. The van der Waals surface area contributed by atoms with E-state index in [1.165, 1.54) is 29.2 Å². The molecule has 0 aliphatic carbocycles. The topological polar surface area (TPSA) is 101 Å². The van der Waals surface area contributed by atoms with Crippen LogP contribution >= 0.6 is 0 Å². The summed E-state index contributed by atoms with van der Waals surface area (Å²) < 4.78 is 0. The van der Waals surface area contributed by atoms with Crippen LogP contribution in [0.3, 0.4) is 0 Å². The van der Waals surface area contributed by atoms with Crippen molar-refractivity contribution in [2.75, 3.05) is 4.90 Å². The fourth-order valence-corrected chi connectivity index (χ4v) is 3.56. The molecule has 3 amide bonds. The standard InChI is InChI=1S/C22H23N3O5/c1-14-5-9-16(10-6-14)23-19(26)13-18(21(23)28)24(22(2,3)4)20(27)15-7-11-17(12-8-15)25(29)30/h5-12,18H,13H2,1-4H3. The lowest BCUT2D eigenvalue weighted by Crippen LogP contribution is -2.54. The minimum Gasteiger partial charge on any atom is -0.321 e. The number of hydrogen-bond donors (Lipinski definition) is 0. The van der Waals surface area contributed by atoms with E-state index in [-0.39, 0.29) is 23.6 Å². The maximum Gasteiger partial charge on any atom is 0.269 e. The van der Waals surface area contributed by atoms with E-state index in [2.05, 4.69) is 0 Å². The molecule has 0 N–H and O–H groups in total. The van der Waals surface area contributed by atoms with Crippen molar-refractivity contribution in [2.24, 2.45) is 0 Å². The minimum absolute atomic E-state index is 0.122. The van der Waals surface area contributed by atoms with E-state index in [0.29, 0.717) is 5.69 Å². The van der Waals surface area contributed by atoms with Gasteiger partial charge in [-0.15, -0.1) is 0 Å². The van der Waals surface area contributed by atoms with Gasteiger partial charge in [0.2, 0.25) is 5.91 Å². The number of non-ortho nitro benzene ring substituents is 1. The lowest BCUT2D eigenvalue weighted by molar-refractivity contribution is -0.384. The Morgan fingerprint density at radius 1 is 1.07 bits per heavy atom. The molecule has 8 nitrogen and oxygen atoms in total. The molecule has 1 saturated heterocycles. The van der Waals surface area contributed by atoms with Gasteiger partial charge in [0.05, 0.1) is 17.0 Å². The molecular weight excluding hydrogens is 386 g/mol. The summed E-state index contributed by atoms with van der Waals surface area (Å²) in [5.41, 5.74) is 0.785. The Morgan fingerprint density at radius 3 is 2.13 bits per heavy atom. The summed E-state index contributed by atoms with van der Waals surface area (Å²) in [6, 6.07) is 11.3. The molecule has 0 bridgehead atoms. The Hall–Kier alpha value is -3.55. The van der Waals surface area contributed by atoms with E-state index in [0.717, 1.165) is 10.5 Å². The maximum absolute atomic E-state index is 13.3. The molecule has 1 atom stereocenters. The smallest absolute Gasteiger partial charge is 0.269 e. The van der Waals surface area contributed by atoms with Gasteiger partial charge in [-0.1, -0.05) is 17.7 Å². The van der Waals surface area contributed by atoms with Crippen molar-refractivity contribution in [1.29, 1.82) is 0 Å². The predicted molar refractivity (Wildman–Crippen MR) is 111 cm³/mol. The van der Waals surface area contributed by atoms with Gasteiger partial charge in [-0.3, -0.25) is 24.5 Å². The van der Waals surface area contributed by atoms with Crippen LogP contribution in [0.5, 0.6) is 0 Å². The lowest BCUT2D eigenvalue weighted by Gasteiger charge is -2.39. The molecule has 1 fully saturated rings. The van der Waals surface area contributed by atoms with Crippen molar-refractivity contribution in [3.63, 3.8) is 0 Å². The van der Waals surface area contributed by atoms with Crippen molar-refractivity contribution in [1.82, 2.24) is 4.90 Å². The molecule has 1 aliphatic rings. The van der Waals surface area contributed by atoms with E-state index in [9.17, 15) is 24.5 Å². The number of imide groups is 1. The monoisotopic (exact) mass is 409 g/mol. The summed E-state index contributed by atoms with van der Waals surface area (Å²) in [6.45, 7) is 7.25. The highest BCUT2D eigenvalue weighted by molar-refractivity contribution is 6.23. The Bertz CT molecular complexity index is 1010. The number of benzene rings is 2. The van der Waals surface area contributed by atoms with E-state index < -0.39 is 28.3 Å². The molecule has 0 aromatic heterocycles. The first-order valence-corrected chi connectivity index (χ1v) is 9.52. The molecule has 156 valence electrons. The molecule has 1 unspecified atom stereocenters. The van der Waals surface area contributed by atoms with Crippen LogP contribution < -0.4 is 4.90 Å². The van der Waals surface area contributed by atoms with Crippen LogP contribution in [0.15, 0.2) is 48.5 Å². The van der Waals surface area contributed by atoms with Crippen molar-refractivity contribution in [3.05, 3.63) is 69.8 Å². The number of anilines is 1.